The van der Waals surface area contributed by atoms with Gasteiger partial charge < -0.3 is 10.1 Å². The highest BCUT2D eigenvalue weighted by molar-refractivity contribution is 8.00. The van der Waals surface area contributed by atoms with Gasteiger partial charge in [0.25, 0.3) is 0 Å². The van der Waals surface area contributed by atoms with E-state index in [-0.39, 0.29) is 11.9 Å². The number of methoxy groups -OCH3 is 1. The van der Waals surface area contributed by atoms with Crippen LogP contribution in [0.1, 0.15) is 6.92 Å². The molecule has 6 nitrogen and oxygen atoms in total. The maximum Gasteiger partial charge on any atom is 0.324 e. The van der Waals surface area contributed by atoms with Gasteiger partial charge in [-0.3, -0.25) is 9.69 Å². The summed E-state index contributed by atoms with van der Waals surface area (Å²) in [5.41, 5.74) is 2.91. The molecule has 0 radical (unpaired) electrons. The Morgan fingerprint density at radius 3 is 2.69 bits per heavy atom. The summed E-state index contributed by atoms with van der Waals surface area (Å²) in [6, 6.07) is 17.6. The second-order valence-electron chi connectivity index (χ2n) is 6.74. The van der Waals surface area contributed by atoms with Crippen LogP contribution in [0, 0.1) is 0 Å². The Morgan fingerprint density at radius 1 is 1.21 bits per heavy atom. The molecule has 3 aromatic rings. The molecule has 3 amide bonds. The molecule has 1 unspecified atom stereocenters. The summed E-state index contributed by atoms with van der Waals surface area (Å²) in [4.78, 5) is 30.5. The lowest BCUT2D eigenvalue weighted by Crippen LogP contribution is -2.38. The van der Waals surface area contributed by atoms with Crippen molar-refractivity contribution >= 4 is 34.6 Å². The average Bonchev–Trinajstić information content (AvgIpc) is 3.18. The second kappa shape index (κ2) is 8.13. The van der Waals surface area contributed by atoms with Crippen molar-refractivity contribution in [1.82, 2.24) is 15.2 Å². The highest BCUT2D eigenvalue weighted by Gasteiger charge is 2.30. The van der Waals surface area contributed by atoms with Crippen molar-refractivity contribution < 1.29 is 14.3 Å². The number of imide groups is 1. The number of carbonyl (C=O) groups is 2. The fourth-order valence-corrected chi connectivity index (χ4v) is 4.29. The van der Waals surface area contributed by atoms with Crippen LogP contribution in [0.15, 0.2) is 59.6 Å². The first-order valence-electron chi connectivity index (χ1n) is 9.37. The number of benzene rings is 2. The summed E-state index contributed by atoms with van der Waals surface area (Å²) < 4.78 is 5.35. The SMILES string of the molecule is COc1ccc2c(-c3ccccc3)cc(SC(C)C(=O)N3CCNC3=O)nc2c1. The number of fused-ring (bicyclic) bond motifs is 1. The van der Waals surface area contributed by atoms with Crippen LogP contribution >= 0.6 is 11.8 Å². The van der Waals surface area contributed by atoms with Gasteiger partial charge in [0, 0.05) is 24.5 Å². The number of ether oxygens (including phenoxy) is 1. The molecule has 1 saturated heterocycles. The molecular formula is C22H21N3O3S. The Morgan fingerprint density at radius 2 is 2.00 bits per heavy atom. The molecule has 0 spiro atoms. The zero-order valence-corrected chi connectivity index (χ0v) is 17.0. The first kappa shape index (κ1) is 19.3. The minimum absolute atomic E-state index is 0.209. The van der Waals surface area contributed by atoms with Crippen LogP contribution in [0.3, 0.4) is 0 Å². The van der Waals surface area contributed by atoms with Gasteiger partial charge in [0.05, 0.1) is 22.9 Å². The molecular weight excluding hydrogens is 386 g/mol. The molecule has 1 aliphatic rings. The first-order chi connectivity index (χ1) is 14.1. The molecule has 1 atom stereocenters. The van der Waals surface area contributed by atoms with Crippen molar-refractivity contribution in [2.45, 2.75) is 17.2 Å². The van der Waals surface area contributed by atoms with Crippen molar-refractivity contribution in [2.24, 2.45) is 0 Å². The summed E-state index contributed by atoms with van der Waals surface area (Å²) in [6.07, 6.45) is 0. The number of carbonyl (C=O) groups excluding carboxylic acids is 2. The summed E-state index contributed by atoms with van der Waals surface area (Å²) >= 11 is 1.35. The van der Waals surface area contributed by atoms with Gasteiger partial charge in [0.2, 0.25) is 5.91 Å². The van der Waals surface area contributed by atoms with Gasteiger partial charge in [0.1, 0.15) is 5.75 Å². The quantitative estimate of drug-likeness (QED) is 0.649. The molecule has 0 saturated carbocycles. The van der Waals surface area contributed by atoms with E-state index in [2.05, 4.69) is 17.4 Å². The Hall–Kier alpha value is -3.06. The summed E-state index contributed by atoms with van der Waals surface area (Å²) in [5, 5.41) is 3.97. The Kier molecular flexibility index (Phi) is 5.40. The zero-order chi connectivity index (χ0) is 20.4. The normalized spacial score (nSPS) is 14.7. The van der Waals surface area contributed by atoms with Crippen molar-refractivity contribution in [3.63, 3.8) is 0 Å². The molecule has 29 heavy (non-hydrogen) atoms. The van der Waals surface area contributed by atoms with Crippen molar-refractivity contribution in [3.05, 3.63) is 54.6 Å². The largest absolute Gasteiger partial charge is 0.497 e. The molecule has 4 rings (SSSR count). The lowest BCUT2D eigenvalue weighted by atomic mass is 10.0. The predicted octanol–water partition coefficient (Wildman–Crippen LogP) is 3.94. The molecule has 148 valence electrons. The number of pyridine rings is 1. The van der Waals surface area contributed by atoms with Crippen LogP contribution in [0.25, 0.3) is 22.0 Å². The second-order valence-corrected chi connectivity index (χ2v) is 8.10. The van der Waals surface area contributed by atoms with Gasteiger partial charge in [-0.25, -0.2) is 9.78 Å². The lowest BCUT2D eigenvalue weighted by Gasteiger charge is -2.18. The Labute approximate surface area is 173 Å². The number of hydrogen-bond acceptors (Lipinski definition) is 5. The summed E-state index contributed by atoms with van der Waals surface area (Å²) in [6.45, 7) is 2.70. The average molecular weight is 407 g/mol. The first-order valence-corrected chi connectivity index (χ1v) is 10.2. The minimum atomic E-state index is -0.432. The lowest BCUT2D eigenvalue weighted by molar-refractivity contribution is -0.126. The van der Waals surface area contributed by atoms with Crippen molar-refractivity contribution in [1.29, 1.82) is 0 Å². The number of aromatic nitrogens is 1. The van der Waals surface area contributed by atoms with Crippen molar-refractivity contribution in [2.75, 3.05) is 20.2 Å². The summed E-state index contributed by atoms with van der Waals surface area (Å²) in [7, 11) is 1.62. The van der Waals surface area contributed by atoms with Gasteiger partial charge in [-0.05, 0) is 36.2 Å². The zero-order valence-electron chi connectivity index (χ0n) is 16.2. The third-order valence-electron chi connectivity index (χ3n) is 4.85. The number of hydrogen-bond donors (Lipinski definition) is 1. The molecule has 0 aliphatic carbocycles. The number of urea groups is 1. The number of rotatable bonds is 5. The van der Waals surface area contributed by atoms with E-state index in [9.17, 15) is 9.59 Å². The molecule has 2 heterocycles. The third kappa shape index (κ3) is 3.91. The van der Waals surface area contributed by atoms with Gasteiger partial charge in [0.15, 0.2) is 0 Å². The fraction of sp³-hybridized carbons (Fsp3) is 0.227. The van der Waals surface area contributed by atoms with Crippen LogP contribution < -0.4 is 10.1 Å². The maximum absolute atomic E-state index is 12.7. The molecule has 7 heteroatoms. The summed E-state index contributed by atoms with van der Waals surface area (Å²) in [5.74, 6) is 0.517. The fourth-order valence-electron chi connectivity index (χ4n) is 3.36. The smallest absolute Gasteiger partial charge is 0.324 e. The molecule has 1 fully saturated rings. The minimum Gasteiger partial charge on any atom is -0.497 e. The van der Waals surface area contributed by atoms with E-state index >= 15 is 0 Å². The van der Waals surface area contributed by atoms with Gasteiger partial charge >= 0.3 is 6.03 Å². The maximum atomic E-state index is 12.7. The van der Waals surface area contributed by atoms with Crippen LogP contribution in [0.4, 0.5) is 4.79 Å². The van der Waals surface area contributed by atoms with Crippen LogP contribution in [0.2, 0.25) is 0 Å². The van der Waals surface area contributed by atoms with E-state index in [4.69, 9.17) is 9.72 Å². The number of thioether (sulfide) groups is 1. The molecule has 2 aromatic carbocycles. The highest BCUT2D eigenvalue weighted by atomic mass is 32.2. The van der Waals surface area contributed by atoms with E-state index in [1.54, 1.807) is 14.0 Å². The predicted molar refractivity (Wildman–Crippen MR) is 114 cm³/mol. The molecule has 0 bridgehead atoms. The third-order valence-corrected chi connectivity index (χ3v) is 5.85. The number of nitrogens with zero attached hydrogens (tertiary/aromatic N) is 2. The standard InChI is InChI=1S/C22H21N3O3S/c1-14(21(26)25-11-10-23-22(25)27)29-20-13-18(15-6-4-3-5-7-15)17-9-8-16(28-2)12-19(17)24-20/h3-9,12-14H,10-11H2,1-2H3,(H,23,27). The highest BCUT2D eigenvalue weighted by Crippen LogP contribution is 2.34. The monoisotopic (exact) mass is 407 g/mol. The van der Waals surface area contributed by atoms with Crippen LogP contribution in [-0.2, 0) is 4.79 Å². The van der Waals surface area contributed by atoms with E-state index < -0.39 is 5.25 Å². The van der Waals surface area contributed by atoms with E-state index in [0.717, 1.165) is 32.8 Å². The van der Waals surface area contributed by atoms with E-state index in [1.165, 1.54) is 16.7 Å². The van der Waals surface area contributed by atoms with Gasteiger partial charge in [-0.1, -0.05) is 42.1 Å². The number of nitrogens with one attached hydrogen (secondary N) is 1. The van der Waals surface area contributed by atoms with E-state index in [1.807, 2.05) is 42.5 Å². The Balaban J connectivity index is 1.72. The van der Waals surface area contributed by atoms with Crippen LogP contribution in [-0.4, -0.2) is 47.3 Å². The molecule has 1 aliphatic heterocycles. The number of amides is 3. The topological polar surface area (TPSA) is 71.5 Å². The van der Waals surface area contributed by atoms with E-state index in [0.29, 0.717) is 13.1 Å². The molecule has 1 aromatic heterocycles. The van der Waals surface area contributed by atoms with Crippen LogP contribution in [0.5, 0.6) is 5.75 Å². The van der Waals surface area contributed by atoms with Crippen molar-refractivity contribution in [3.8, 4) is 16.9 Å². The van der Waals surface area contributed by atoms with Gasteiger partial charge in [-0.15, -0.1) is 0 Å². The molecule has 1 N–H and O–H groups in total. The Bertz CT molecular complexity index is 1070. The van der Waals surface area contributed by atoms with Gasteiger partial charge in [-0.2, -0.15) is 0 Å².